The zero-order chi connectivity index (χ0) is 13.4. The van der Waals surface area contributed by atoms with Crippen molar-refractivity contribution >= 4 is 11.1 Å². The highest BCUT2D eigenvalue weighted by atomic mass is 32.2. The first-order valence-electron chi connectivity index (χ1n) is 3.91. The predicted octanol–water partition coefficient (Wildman–Crippen LogP) is 2.96. The highest BCUT2D eigenvalue weighted by molar-refractivity contribution is 7.79. The maximum Gasteiger partial charge on any atom is 0.417 e. The quantitative estimate of drug-likeness (QED) is 0.585. The second-order valence-electron chi connectivity index (χ2n) is 2.94. The topological polar surface area (TPSA) is 40.1 Å². The minimum absolute atomic E-state index is 0.231. The Bertz CT molecular complexity index is 450. The molecule has 9 heteroatoms. The van der Waals surface area contributed by atoms with Crippen LogP contribution >= 0.6 is 0 Å². The molecule has 96 valence electrons. The normalized spacial score (nSPS) is 14.8. The van der Waals surface area contributed by atoms with Crippen LogP contribution in [-0.2, 0) is 23.4 Å². The molecule has 1 atom stereocenters. The maximum absolute atomic E-state index is 12.3. The molecule has 2 nitrogen and oxygen atoms in total. The fourth-order valence-corrected chi connectivity index (χ4v) is 1.61. The Labute approximate surface area is 93.5 Å². The molecule has 0 heterocycles. The number of halogens is 6. The summed E-state index contributed by atoms with van der Waals surface area (Å²) in [6.45, 7) is 0. The molecule has 1 aromatic carbocycles. The first-order chi connectivity index (χ1) is 7.53. The SMILES string of the molecule is O=S([O-])c1ccc(C(F)(F)F)cc1C(F)(F)F. The fourth-order valence-electron chi connectivity index (χ4n) is 1.07. The molecular weight excluding hydrogens is 274 g/mol. The van der Waals surface area contributed by atoms with Gasteiger partial charge in [0.25, 0.3) is 0 Å². The summed E-state index contributed by atoms with van der Waals surface area (Å²) in [4.78, 5) is -1.22. The summed E-state index contributed by atoms with van der Waals surface area (Å²) < 4.78 is 94.4. The van der Waals surface area contributed by atoms with E-state index in [-0.39, 0.29) is 18.2 Å². The van der Waals surface area contributed by atoms with Crippen molar-refractivity contribution in [2.75, 3.05) is 0 Å². The van der Waals surface area contributed by atoms with Crippen molar-refractivity contribution in [3.8, 4) is 0 Å². The van der Waals surface area contributed by atoms with Gasteiger partial charge in [0.2, 0.25) is 0 Å². The van der Waals surface area contributed by atoms with Gasteiger partial charge in [-0.15, -0.1) is 0 Å². The van der Waals surface area contributed by atoms with Gasteiger partial charge < -0.3 is 4.55 Å². The van der Waals surface area contributed by atoms with Crippen molar-refractivity contribution in [1.29, 1.82) is 0 Å². The molecule has 1 rings (SSSR count). The molecule has 0 spiro atoms. The monoisotopic (exact) mass is 277 g/mol. The molecule has 17 heavy (non-hydrogen) atoms. The van der Waals surface area contributed by atoms with E-state index < -0.39 is 39.5 Å². The van der Waals surface area contributed by atoms with Gasteiger partial charge in [-0.1, -0.05) is 0 Å². The van der Waals surface area contributed by atoms with Crippen molar-refractivity contribution < 1.29 is 35.1 Å². The fraction of sp³-hybridized carbons (Fsp3) is 0.250. The molecular formula is C8H3F6O2S-. The van der Waals surface area contributed by atoms with Gasteiger partial charge in [-0.3, -0.25) is 4.21 Å². The van der Waals surface area contributed by atoms with Crippen LogP contribution in [0.1, 0.15) is 11.1 Å². The lowest BCUT2D eigenvalue weighted by atomic mass is 10.1. The largest absolute Gasteiger partial charge is 0.768 e. The van der Waals surface area contributed by atoms with E-state index in [1.54, 1.807) is 0 Å². The number of hydrogen-bond acceptors (Lipinski definition) is 2. The van der Waals surface area contributed by atoms with Crippen molar-refractivity contribution in [3.63, 3.8) is 0 Å². The summed E-state index contributed by atoms with van der Waals surface area (Å²) in [5, 5.41) is 0. The Morgan fingerprint density at radius 2 is 1.53 bits per heavy atom. The Kier molecular flexibility index (Phi) is 3.53. The highest BCUT2D eigenvalue weighted by Gasteiger charge is 2.38. The summed E-state index contributed by atoms with van der Waals surface area (Å²) in [5.74, 6) is 0. The van der Waals surface area contributed by atoms with E-state index in [1.165, 1.54) is 0 Å². The summed E-state index contributed by atoms with van der Waals surface area (Å²) in [6.07, 6.45) is -10.1. The van der Waals surface area contributed by atoms with Crippen molar-refractivity contribution in [2.45, 2.75) is 17.2 Å². The minimum atomic E-state index is -5.17. The summed E-state index contributed by atoms with van der Waals surface area (Å²) in [5.41, 5.74) is -3.39. The number of alkyl halides is 6. The van der Waals surface area contributed by atoms with Crippen LogP contribution in [0.4, 0.5) is 26.3 Å². The molecule has 0 aromatic heterocycles. The molecule has 0 aliphatic carbocycles. The number of rotatable bonds is 1. The van der Waals surface area contributed by atoms with Crippen LogP contribution in [0.5, 0.6) is 0 Å². The van der Waals surface area contributed by atoms with E-state index in [2.05, 4.69) is 0 Å². The van der Waals surface area contributed by atoms with E-state index in [0.29, 0.717) is 0 Å². The third kappa shape index (κ3) is 3.19. The lowest BCUT2D eigenvalue weighted by Crippen LogP contribution is -2.13. The van der Waals surface area contributed by atoms with Crippen LogP contribution < -0.4 is 0 Å². The average Bonchev–Trinajstić information content (AvgIpc) is 2.14. The Morgan fingerprint density at radius 3 is 1.88 bits per heavy atom. The Hall–Kier alpha value is -1.09. The number of hydrogen-bond donors (Lipinski definition) is 0. The average molecular weight is 277 g/mol. The molecule has 1 aromatic rings. The first-order valence-corrected chi connectivity index (χ1v) is 4.98. The van der Waals surface area contributed by atoms with E-state index in [1.807, 2.05) is 0 Å². The van der Waals surface area contributed by atoms with Crippen molar-refractivity contribution in [3.05, 3.63) is 29.3 Å². The van der Waals surface area contributed by atoms with Crippen molar-refractivity contribution in [1.82, 2.24) is 0 Å². The lowest BCUT2D eigenvalue weighted by molar-refractivity contribution is -0.144. The van der Waals surface area contributed by atoms with Crippen LogP contribution in [0, 0.1) is 0 Å². The van der Waals surface area contributed by atoms with Gasteiger partial charge in [0, 0.05) is 4.90 Å². The summed E-state index contributed by atoms with van der Waals surface area (Å²) in [6, 6.07) is 0.320. The van der Waals surface area contributed by atoms with Crippen LogP contribution in [-0.4, -0.2) is 8.76 Å². The zero-order valence-electron chi connectivity index (χ0n) is 7.72. The van der Waals surface area contributed by atoms with E-state index in [9.17, 15) is 35.1 Å². The van der Waals surface area contributed by atoms with Gasteiger partial charge in [-0.2, -0.15) is 26.3 Å². The molecule has 1 unspecified atom stereocenters. The molecule has 0 aliphatic rings. The molecule has 0 aliphatic heterocycles. The third-order valence-electron chi connectivity index (χ3n) is 1.79. The van der Waals surface area contributed by atoms with Crippen LogP contribution in [0.3, 0.4) is 0 Å². The molecule has 0 amide bonds. The standard InChI is InChI=1S/C8H4F6O2S/c9-7(10,11)4-1-2-6(17(15)16)5(3-4)8(12,13)14/h1-3H,(H,15,16)/p-1. The zero-order valence-corrected chi connectivity index (χ0v) is 8.54. The van der Waals surface area contributed by atoms with Gasteiger partial charge in [0.1, 0.15) is 0 Å². The minimum Gasteiger partial charge on any atom is -0.768 e. The van der Waals surface area contributed by atoms with Crippen LogP contribution in [0.25, 0.3) is 0 Å². The molecule has 0 bridgehead atoms. The van der Waals surface area contributed by atoms with Gasteiger partial charge in [-0.25, -0.2) is 0 Å². The summed E-state index contributed by atoms with van der Waals surface area (Å²) in [7, 11) is 0. The molecule has 0 saturated carbocycles. The van der Waals surface area contributed by atoms with Gasteiger partial charge >= 0.3 is 12.4 Å². The molecule has 0 N–H and O–H groups in total. The molecule has 0 fully saturated rings. The second-order valence-corrected chi connectivity index (χ2v) is 3.85. The van der Waals surface area contributed by atoms with Gasteiger partial charge in [0.05, 0.1) is 11.1 Å². The van der Waals surface area contributed by atoms with Gasteiger partial charge in [-0.05, 0) is 29.3 Å². The number of benzene rings is 1. The third-order valence-corrected chi connectivity index (χ3v) is 2.51. The Morgan fingerprint density at radius 1 is 1.00 bits per heavy atom. The van der Waals surface area contributed by atoms with E-state index in [4.69, 9.17) is 0 Å². The van der Waals surface area contributed by atoms with E-state index in [0.717, 1.165) is 0 Å². The van der Waals surface area contributed by atoms with Crippen molar-refractivity contribution in [2.24, 2.45) is 0 Å². The predicted molar refractivity (Wildman–Crippen MR) is 43.6 cm³/mol. The highest BCUT2D eigenvalue weighted by Crippen LogP contribution is 2.38. The summed E-state index contributed by atoms with van der Waals surface area (Å²) >= 11 is -3.26. The second kappa shape index (κ2) is 4.30. The molecule has 0 radical (unpaired) electrons. The molecule has 0 saturated heterocycles. The first kappa shape index (κ1) is 14.0. The smallest absolute Gasteiger partial charge is 0.417 e. The van der Waals surface area contributed by atoms with Crippen LogP contribution in [0.15, 0.2) is 23.1 Å². The van der Waals surface area contributed by atoms with E-state index >= 15 is 0 Å². The van der Waals surface area contributed by atoms with Gasteiger partial charge in [0.15, 0.2) is 0 Å². The van der Waals surface area contributed by atoms with Crippen LogP contribution in [0.2, 0.25) is 0 Å². The Balaban J connectivity index is 3.46. The lowest BCUT2D eigenvalue weighted by Gasteiger charge is -2.16. The maximum atomic E-state index is 12.3.